The van der Waals surface area contributed by atoms with Gasteiger partial charge in [0.15, 0.2) is 0 Å². The molecule has 1 fully saturated rings. The molecule has 3 aromatic rings. The molecule has 2 N–H and O–H groups in total. The van der Waals surface area contributed by atoms with Gasteiger partial charge in [0.05, 0.1) is 12.6 Å². The average molecular weight is 374 g/mol. The first kappa shape index (κ1) is 18.3. The number of benzene rings is 1. The predicted octanol–water partition coefficient (Wildman–Crippen LogP) is 1.89. The maximum Gasteiger partial charge on any atom is 0.234 e. The van der Waals surface area contributed by atoms with Gasteiger partial charge < -0.3 is 10.4 Å². The largest absolute Gasteiger partial charge is 0.378 e. The minimum atomic E-state index is -1.43. The summed E-state index contributed by atoms with van der Waals surface area (Å²) in [5.74, 6) is -0.0492. The van der Waals surface area contributed by atoms with E-state index >= 15 is 0 Å². The maximum absolute atomic E-state index is 12.3. The molecule has 0 saturated carbocycles. The lowest BCUT2D eigenvalue weighted by molar-refractivity contribution is -0.127. The topological polar surface area (TPSA) is 78.4 Å². The minimum absolute atomic E-state index is 0.0492. The molecule has 0 spiro atoms. The van der Waals surface area contributed by atoms with Crippen LogP contribution in [0.3, 0.4) is 0 Å². The van der Waals surface area contributed by atoms with Crippen LogP contribution >= 0.6 is 0 Å². The van der Waals surface area contributed by atoms with Crippen LogP contribution < -0.4 is 5.32 Å². The minimum Gasteiger partial charge on any atom is -0.378 e. The molecule has 142 valence electrons. The number of piperazine rings is 1. The number of hydrogen-bond donors (Lipinski definition) is 2. The Morgan fingerprint density at radius 3 is 2.14 bits per heavy atom. The standard InChI is InChI=1S/C22H22N4O2/c27-20-16-26(13-12-25-20)21(17-6-2-1-3-7-17)22(28,18-8-4-10-23-14-18)19-9-5-11-24-15-19/h1-11,14-15,21,28H,12-13,16H2,(H,25,27). The number of nitrogens with zero attached hydrogens (tertiary/aromatic N) is 3. The lowest BCUT2D eigenvalue weighted by Crippen LogP contribution is -2.54. The first-order valence-corrected chi connectivity index (χ1v) is 9.28. The summed E-state index contributed by atoms with van der Waals surface area (Å²) in [6.45, 7) is 1.38. The van der Waals surface area contributed by atoms with Crippen LogP contribution in [0.15, 0.2) is 79.4 Å². The van der Waals surface area contributed by atoms with E-state index in [9.17, 15) is 9.90 Å². The Morgan fingerprint density at radius 1 is 0.964 bits per heavy atom. The Morgan fingerprint density at radius 2 is 1.61 bits per heavy atom. The summed E-state index contributed by atoms with van der Waals surface area (Å²) in [4.78, 5) is 22.6. The maximum atomic E-state index is 12.3. The molecule has 1 aliphatic heterocycles. The van der Waals surface area contributed by atoms with Crippen LogP contribution in [0.1, 0.15) is 22.7 Å². The molecule has 1 atom stereocenters. The molecule has 2 aromatic heterocycles. The highest BCUT2D eigenvalue weighted by Crippen LogP contribution is 2.44. The molecule has 1 amide bonds. The summed E-state index contributed by atoms with van der Waals surface area (Å²) >= 11 is 0. The number of rotatable bonds is 5. The van der Waals surface area contributed by atoms with Crippen molar-refractivity contribution in [3.63, 3.8) is 0 Å². The molecular weight excluding hydrogens is 352 g/mol. The second-order valence-corrected chi connectivity index (χ2v) is 6.88. The summed E-state index contributed by atoms with van der Waals surface area (Å²) in [6, 6.07) is 16.6. The molecular formula is C22H22N4O2. The SMILES string of the molecule is O=C1CN(C(c2ccccc2)C(O)(c2cccnc2)c2cccnc2)CCN1. The Labute approximate surface area is 163 Å². The van der Waals surface area contributed by atoms with Crippen LogP contribution in [0.4, 0.5) is 0 Å². The molecule has 6 heteroatoms. The molecule has 4 rings (SSSR count). The number of aliphatic hydroxyl groups is 1. The fraction of sp³-hybridized carbons (Fsp3) is 0.227. The number of carbonyl (C=O) groups is 1. The zero-order valence-corrected chi connectivity index (χ0v) is 15.4. The summed E-state index contributed by atoms with van der Waals surface area (Å²) in [5, 5.41) is 15.1. The third-order valence-corrected chi connectivity index (χ3v) is 5.15. The molecule has 0 aliphatic carbocycles. The lowest BCUT2D eigenvalue weighted by atomic mass is 9.77. The van der Waals surface area contributed by atoms with Gasteiger partial charge in [-0.05, 0) is 17.7 Å². The molecule has 6 nitrogen and oxygen atoms in total. The van der Waals surface area contributed by atoms with Crippen molar-refractivity contribution in [1.82, 2.24) is 20.2 Å². The Hall–Kier alpha value is -3.09. The molecule has 28 heavy (non-hydrogen) atoms. The number of carbonyl (C=O) groups excluding carboxylic acids is 1. The lowest BCUT2D eigenvalue weighted by Gasteiger charge is -2.44. The highest BCUT2D eigenvalue weighted by molar-refractivity contribution is 5.78. The van der Waals surface area contributed by atoms with Crippen LogP contribution in [0.5, 0.6) is 0 Å². The fourth-order valence-corrected chi connectivity index (χ4v) is 3.89. The van der Waals surface area contributed by atoms with Gasteiger partial charge in [-0.15, -0.1) is 0 Å². The van der Waals surface area contributed by atoms with Gasteiger partial charge in [-0.25, -0.2) is 0 Å². The smallest absolute Gasteiger partial charge is 0.234 e. The normalized spacial score (nSPS) is 16.4. The summed E-state index contributed by atoms with van der Waals surface area (Å²) in [6.07, 6.45) is 6.71. The van der Waals surface area contributed by atoms with E-state index in [0.717, 1.165) is 5.56 Å². The number of pyridine rings is 2. The van der Waals surface area contributed by atoms with Gasteiger partial charge in [-0.2, -0.15) is 0 Å². The Kier molecular flexibility index (Phi) is 5.14. The monoisotopic (exact) mass is 374 g/mol. The van der Waals surface area contributed by atoms with Crippen LogP contribution in [-0.4, -0.2) is 45.5 Å². The molecule has 1 aliphatic rings. The first-order chi connectivity index (χ1) is 13.7. The van der Waals surface area contributed by atoms with Crippen molar-refractivity contribution in [1.29, 1.82) is 0 Å². The van der Waals surface area contributed by atoms with E-state index in [0.29, 0.717) is 24.2 Å². The van der Waals surface area contributed by atoms with Crippen LogP contribution in [0.25, 0.3) is 0 Å². The average Bonchev–Trinajstić information content (AvgIpc) is 2.76. The molecule has 3 heterocycles. The van der Waals surface area contributed by atoms with Crippen molar-refractivity contribution in [2.45, 2.75) is 11.6 Å². The molecule has 0 bridgehead atoms. The molecule has 1 unspecified atom stereocenters. The fourth-order valence-electron chi connectivity index (χ4n) is 3.89. The van der Waals surface area contributed by atoms with Gasteiger partial charge in [-0.1, -0.05) is 42.5 Å². The van der Waals surface area contributed by atoms with Crippen molar-refractivity contribution in [3.05, 3.63) is 96.1 Å². The summed E-state index contributed by atoms with van der Waals surface area (Å²) < 4.78 is 0. The van der Waals surface area contributed by atoms with Crippen molar-refractivity contribution in [2.24, 2.45) is 0 Å². The number of nitrogens with one attached hydrogen (secondary N) is 1. The van der Waals surface area contributed by atoms with Crippen LogP contribution in [0.2, 0.25) is 0 Å². The van der Waals surface area contributed by atoms with Crippen molar-refractivity contribution < 1.29 is 9.90 Å². The van der Waals surface area contributed by atoms with Gasteiger partial charge >= 0.3 is 0 Å². The quantitative estimate of drug-likeness (QED) is 0.713. The third-order valence-electron chi connectivity index (χ3n) is 5.15. The van der Waals surface area contributed by atoms with E-state index < -0.39 is 11.6 Å². The summed E-state index contributed by atoms with van der Waals surface area (Å²) in [5.41, 5.74) is 0.805. The second kappa shape index (κ2) is 7.88. The highest BCUT2D eigenvalue weighted by Gasteiger charge is 2.45. The van der Waals surface area contributed by atoms with E-state index in [1.807, 2.05) is 59.5 Å². The van der Waals surface area contributed by atoms with Gasteiger partial charge in [0.1, 0.15) is 5.60 Å². The van der Waals surface area contributed by atoms with Gasteiger partial charge in [0.25, 0.3) is 0 Å². The van der Waals surface area contributed by atoms with Crippen LogP contribution in [0, 0.1) is 0 Å². The van der Waals surface area contributed by atoms with Crippen molar-refractivity contribution in [3.8, 4) is 0 Å². The number of amides is 1. The predicted molar refractivity (Wildman–Crippen MR) is 105 cm³/mol. The molecule has 1 saturated heterocycles. The first-order valence-electron chi connectivity index (χ1n) is 9.28. The molecule has 0 radical (unpaired) electrons. The van der Waals surface area contributed by atoms with Crippen LogP contribution in [-0.2, 0) is 10.4 Å². The second-order valence-electron chi connectivity index (χ2n) is 6.88. The number of aromatic nitrogens is 2. The van der Waals surface area contributed by atoms with Gasteiger partial charge in [0, 0.05) is 49.0 Å². The zero-order chi connectivity index (χ0) is 19.4. The Balaban J connectivity index is 1.92. The molecule has 1 aromatic carbocycles. The Bertz CT molecular complexity index is 880. The zero-order valence-electron chi connectivity index (χ0n) is 15.4. The van der Waals surface area contributed by atoms with Crippen molar-refractivity contribution in [2.75, 3.05) is 19.6 Å². The number of hydrogen-bond acceptors (Lipinski definition) is 5. The summed E-state index contributed by atoms with van der Waals surface area (Å²) in [7, 11) is 0. The highest BCUT2D eigenvalue weighted by atomic mass is 16.3. The van der Waals surface area contributed by atoms with Crippen molar-refractivity contribution >= 4 is 5.91 Å². The van der Waals surface area contributed by atoms with E-state index in [-0.39, 0.29) is 12.5 Å². The van der Waals surface area contributed by atoms with Gasteiger partial charge in [-0.3, -0.25) is 19.7 Å². The van der Waals surface area contributed by atoms with E-state index in [1.165, 1.54) is 0 Å². The third kappa shape index (κ3) is 3.40. The van der Waals surface area contributed by atoms with E-state index in [1.54, 1.807) is 24.8 Å². The van der Waals surface area contributed by atoms with Gasteiger partial charge in [0.2, 0.25) is 5.91 Å². The van der Waals surface area contributed by atoms with E-state index in [4.69, 9.17) is 0 Å². The van der Waals surface area contributed by atoms with E-state index in [2.05, 4.69) is 15.3 Å².